The van der Waals surface area contributed by atoms with Gasteiger partial charge in [0.15, 0.2) is 0 Å². The van der Waals surface area contributed by atoms with Crippen LogP contribution in [0.4, 0.5) is 26.3 Å². The van der Waals surface area contributed by atoms with Crippen molar-refractivity contribution in [2.24, 2.45) is 0 Å². The average molecular weight is 624 g/mol. The molecule has 0 aliphatic rings. The Balaban J connectivity index is 1.62. The summed E-state index contributed by atoms with van der Waals surface area (Å²) in [6.45, 7) is 0. The molecule has 0 N–H and O–H groups in total. The molecular formula is C32H23F6GeNO. The van der Waals surface area contributed by atoms with Crippen molar-refractivity contribution in [3.05, 3.63) is 96.2 Å². The SMILES string of the molecule is [CH3][Ge]([CH3])([CH3])[c]1cc(C(F)(F)F)c(-c2ccnc(-c3cccc4c3oc3c5ccccc5ccc43)c2)c(C(F)(F)F)c1. The molecule has 9 heteroatoms. The van der Waals surface area contributed by atoms with Crippen molar-refractivity contribution in [3.8, 4) is 22.4 Å². The Morgan fingerprint density at radius 1 is 0.659 bits per heavy atom. The maximum atomic E-state index is 14.4. The molecule has 0 unspecified atom stereocenters. The van der Waals surface area contributed by atoms with Gasteiger partial charge in [0.05, 0.1) is 0 Å². The van der Waals surface area contributed by atoms with Crippen LogP contribution in [0.2, 0.25) is 17.3 Å². The molecule has 2 nitrogen and oxygen atoms in total. The minimum absolute atomic E-state index is 0.127. The number of alkyl halides is 6. The van der Waals surface area contributed by atoms with Crippen molar-refractivity contribution >= 4 is 50.4 Å². The molecule has 0 saturated carbocycles. The fourth-order valence-electron chi connectivity index (χ4n) is 5.29. The predicted molar refractivity (Wildman–Crippen MR) is 153 cm³/mol. The molecule has 0 aliphatic heterocycles. The van der Waals surface area contributed by atoms with E-state index < -0.39 is 42.3 Å². The second-order valence-corrected chi connectivity index (χ2v) is 21.7. The molecule has 0 aliphatic carbocycles. The summed E-state index contributed by atoms with van der Waals surface area (Å²) in [6, 6.07) is 21.2. The van der Waals surface area contributed by atoms with Crippen LogP contribution in [0.5, 0.6) is 0 Å². The van der Waals surface area contributed by atoms with Gasteiger partial charge in [0.2, 0.25) is 0 Å². The number of pyridine rings is 1. The van der Waals surface area contributed by atoms with E-state index in [-0.39, 0.29) is 15.7 Å². The quantitative estimate of drug-likeness (QED) is 0.145. The molecule has 0 amide bonds. The van der Waals surface area contributed by atoms with E-state index in [1.165, 1.54) is 18.3 Å². The third-order valence-electron chi connectivity index (χ3n) is 7.33. The van der Waals surface area contributed by atoms with E-state index >= 15 is 0 Å². The van der Waals surface area contributed by atoms with Gasteiger partial charge in [-0.1, -0.05) is 30.3 Å². The van der Waals surface area contributed by atoms with Crippen LogP contribution >= 0.6 is 0 Å². The minimum atomic E-state index is -5.00. The van der Waals surface area contributed by atoms with Crippen LogP contribution in [-0.2, 0) is 12.4 Å². The molecule has 0 saturated heterocycles. The number of rotatable bonds is 3. The van der Waals surface area contributed by atoms with Crippen LogP contribution in [-0.4, -0.2) is 18.3 Å². The Morgan fingerprint density at radius 3 is 1.95 bits per heavy atom. The van der Waals surface area contributed by atoms with Crippen molar-refractivity contribution < 1.29 is 30.8 Å². The zero-order chi connectivity index (χ0) is 29.3. The third-order valence-corrected chi connectivity index (χ3v) is 11.6. The summed E-state index contributed by atoms with van der Waals surface area (Å²) in [7, 11) is 0. The number of halogens is 6. The Labute approximate surface area is 234 Å². The fourth-order valence-corrected chi connectivity index (χ4v) is 7.72. The Morgan fingerprint density at radius 2 is 1.29 bits per heavy atom. The Bertz CT molecular complexity index is 1930. The summed E-state index contributed by atoms with van der Waals surface area (Å²) in [5.41, 5.74) is -1.95. The zero-order valence-electron chi connectivity index (χ0n) is 22.2. The molecule has 0 spiro atoms. The number of furan rings is 1. The standard InChI is InChI=1S/C32H23F6GeNO/c1-39(2,3)20-16-25(31(33,34)35)28(26(17-20)32(36,37)38)19-13-14-40-27(15-19)24-10-6-9-22-23-12-11-18-7-4-5-8-21(18)29(23)41-30(22)24/h4-17H,1-3H3. The second-order valence-electron chi connectivity index (χ2n) is 11.1. The van der Waals surface area contributed by atoms with Gasteiger partial charge in [-0.3, -0.25) is 0 Å². The van der Waals surface area contributed by atoms with Crippen molar-refractivity contribution in [2.45, 2.75) is 29.6 Å². The number of para-hydroxylation sites is 1. The van der Waals surface area contributed by atoms with E-state index in [1.807, 2.05) is 42.5 Å². The van der Waals surface area contributed by atoms with E-state index in [4.69, 9.17) is 4.42 Å². The van der Waals surface area contributed by atoms with Gasteiger partial charge in [-0.15, -0.1) is 0 Å². The predicted octanol–water partition coefficient (Wildman–Crippen LogP) is 10.1. The topological polar surface area (TPSA) is 26.0 Å². The van der Waals surface area contributed by atoms with Crippen molar-refractivity contribution in [1.82, 2.24) is 4.98 Å². The van der Waals surface area contributed by atoms with Crippen molar-refractivity contribution in [2.75, 3.05) is 0 Å². The van der Waals surface area contributed by atoms with Gasteiger partial charge in [-0.25, -0.2) is 0 Å². The summed E-state index contributed by atoms with van der Waals surface area (Å²) in [4.78, 5) is 4.35. The normalized spacial score (nSPS) is 13.0. The number of fused-ring (bicyclic) bond motifs is 5. The summed E-state index contributed by atoms with van der Waals surface area (Å²) >= 11 is -3.09. The van der Waals surface area contributed by atoms with E-state index in [9.17, 15) is 26.3 Å². The average Bonchev–Trinajstić information content (AvgIpc) is 3.30. The van der Waals surface area contributed by atoms with Crippen molar-refractivity contribution in [1.29, 1.82) is 0 Å². The monoisotopic (exact) mass is 625 g/mol. The van der Waals surface area contributed by atoms with Gasteiger partial charge in [-0.05, 0) is 5.39 Å². The van der Waals surface area contributed by atoms with E-state index in [1.54, 1.807) is 29.4 Å². The molecule has 0 radical (unpaired) electrons. The number of aromatic nitrogens is 1. The molecule has 6 aromatic rings. The molecule has 4 aromatic carbocycles. The summed E-state index contributed by atoms with van der Waals surface area (Å²) in [5.74, 6) is 5.28. The van der Waals surface area contributed by atoms with Crippen LogP contribution in [0.15, 0.2) is 89.5 Å². The van der Waals surface area contributed by atoms with E-state index in [0.717, 1.165) is 33.7 Å². The number of nitrogens with zero attached hydrogens (tertiary/aromatic N) is 1. The molecule has 0 fully saturated rings. The zero-order valence-corrected chi connectivity index (χ0v) is 24.3. The number of hydrogen-bond donors (Lipinski definition) is 0. The van der Waals surface area contributed by atoms with Gasteiger partial charge in [0, 0.05) is 0 Å². The van der Waals surface area contributed by atoms with Gasteiger partial charge in [0.25, 0.3) is 0 Å². The molecule has 208 valence electrons. The Kier molecular flexibility index (Phi) is 6.26. The maximum absolute atomic E-state index is 14.4. The molecule has 6 rings (SSSR count). The first-order valence-corrected chi connectivity index (χ1v) is 20.2. The summed E-state index contributed by atoms with van der Waals surface area (Å²) in [6.07, 6.45) is -8.76. The summed E-state index contributed by atoms with van der Waals surface area (Å²) in [5, 5.41) is 3.48. The third kappa shape index (κ3) is 4.78. The molecule has 41 heavy (non-hydrogen) atoms. The molecule has 0 bridgehead atoms. The fraction of sp³-hybridized carbons (Fsp3) is 0.156. The first-order chi connectivity index (χ1) is 19.2. The first kappa shape index (κ1) is 27.4. The van der Waals surface area contributed by atoms with E-state index in [0.29, 0.717) is 16.7 Å². The van der Waals surface area contributed by atoms with Crippen molar-refractivity contribution in [3.63, 3.8) is 0 Å². The van der Waals surface area contributed by atoms with Crippen LogP contribution in [0, 0.1) is 0 Å². The molecule has 2 heterocycles. The first-order valence-electron chi connectivity index (χ1n) is 12.9. The molecular weight excluding hydrogens is 601 g/mol. The van der Waals surface area contributed by atoms with Gasteiger partial charge in [0.1, 0.15) is 0 Å². The number of hydrogen-bond acceptors (Lipinski definition) is 2. The second kappa shape index (κ2) is 9.37. The van der Waals surface area contributed by atoms with Crippen LogP contribution in [0.1, 0.15) is 11.1 Å². The van der Waals surface area contributed by atoms with E-state index in [2.05, 4.69) is 4.98 Å². The molecule has 0 atom stereocenters. The summed E-state index contributed by atoms with van der Waals surface area (Å²) < 4.78 is 92.7. The van der Waals surface area contributed by atoms with Gasteiger partial charge < -0.3 is 0 Å². The Hall–Kier alpha value is -3.79. The van der Waals surface area contributed by atoms with Crippen LogP contribution in [0.3, 0.4) is 0 Å². The van der Waals surface area contributed by atoms with Crippen LogP contribution in [0.25, 0.3) is 55.1 Å². The van der Waals surface area contributed by atoms with Gasteiger partial charge in [-0.2, -0.15) is 0 Å². The molecule has 2 aromatic heterocycles. The number of benzene rings is 4. The van der Waals surface area contributed by atoms with Crippen LogP contribution < -0.4 is 4.40 Å². The van der Waals surface area contributed by atoms with Gasteiger partial charge >= 0.3 is 199 Å².